The van der Waals surface area contributed by atoms with Gasteiger partial charge in [0.05, 0.1) is 38.9 Å². The molecule has 1 atom stereocenters. The number of carbonyl (C=O) groups excluding carboxylic acids is 2. The van der Waals surface area contributed by atoms with Crippen molar-refractivity contribution in [2.75, 3.05) is 43.7 Å². The zero-order chi connectivity index (χ0) is 31.7. The summed E-state index contributed by atoms with van der Waals surface area (Å²) in [7, 11) is 3.77. The van der Waals surface area contributed by atoms with Crippen molar-refractivity contribution in [3.05, 3.63) is 82.4 Å². The minimum Gasteiger partial charge on any atom is -0.493 e. The van der Waals surface area contributed by atoms with Gasteiger partial charge < -0.3 is 24.6 Å². The highest BCUT2D eigenvalue weighted by molar-refractivity contribution is 6.30. The van der Waals surface area contributed by atoms with Crippen LogP contribution in [0, 0.1) is 5.92 Å². The molecular formula is C36H43ClN4O4. The minimum absolute atomic E-state index is 0.0230. The SMILES string of the molecule is COc1cc2c(cc1OC(C)C)[C@H](c1ccc(Cl)cc1)N(c1ccc(N(C)C[C@H]3CC[C@H](N4CNC(=O)C4)CC3)cc1)C(=O)C2. The predicted molar refractivity (Wildman–Crippen MR) is 178 cm³/mol. The quantitative estimate of drug-likeness (QED) is 0.304. The molecule has 6 rings (SSSR count). The van der Waals surface area contributed by atoms with Crippen molar-refractivity contribution in [1.82, 2.24) is 10.2 Å². The highest BCUT2D eigenvalue weighted by Crippen LogP contribution is 2.44. The zero-order valence-corrected chi connectivity index (χ0v) is 27.3. The molecule has 1 N–H and O–H groups in total. The lowest BCUT2D eigenvalue weighted by Gasteiger charge is -2.38. The van der Waals surface area contributed by atoms with Crippen LogP contribution >= 0.6 is 11.6 Å². The molecule has 0 aromatic heterocycles. The van der Waals surface area contributed by atoms with Crippen LogP contribution in [0.2, 0.25) is 5.02 Å². The van der Waals surface area contributed by atoms with Gasteiger partial charge in [-0.15, -0.1) is 0 Å². The lowest BCUT2D eigenvalue weighted by Crippen LogP contribution is -2.41. The van der Waals surface area contributed by atoms with E-state index in [0.29, 0.717) is 41.7 Å². The summed E-state index contributed by atoms with van der Waals surface area (Å²) in [6.07, 6.45) is 4.83. The maximum atomic E-state index is 13.9. The molecule has 3 aliphatic rings. The molecule has 8 nitrogen and oxygen atoms in total. The normalized spacial score (nSPS) is 21.9. The van der Waals surface area contributed by atoms with Crippen LogP contribution < -0.4 is 24.6 Å². The highest BCUT2D eigenvalue weighted by Gasteiger charge is 2.36. The number of anilines is 2. The van der Waals surface area contributed by atoms with Crippen LogP contribution in [0.4, 0.5) is 11.4 Å². The van der Waals surface area contributed by atoms with E-state index < -0.39 is 0 Å². The molecule has 1 saturated carbocycles. The van der Waals surface area contributed by atoms with Crippen molar-refractivity contribution in [3.8, 4) is 11.5 Å². The van der Waals surface area contributed by atoms with E-state index in [9.17, 15) is 9.59 Å². The Bertz CT molecular complexity index is 1520. The number of benzene rings is 3. The van der Waals surface area contributed by atoms with Crippen molar-refractivity contribution in [2.24, 2.45) is 5.92 Å². The molecule has 3 aromatic rings. The van der Waals surface area contributed by atoms with Crippen LogP contribution in [0.25, 0.3) is 0 Å². The molecule has 1 aliphatic carbocycles. The second-order valence-electron chi connectivity index (χ2n) is 12.8. The maximum Gasteiger partial charge on any atom is 0.235 e. The third-order valence-electron chi connectivity index (χ3n) is 9.40. The summed E-state index contributed by atoms with van der Waals surface area (Å²) >= 11 is 6.28. The summed E-state index contributed by atoms with van der Waals surface area (Å²) < 4.78 is 11.8. The molecule has 3 aromatic carbocycles. The van der Waals surface area contributed by atoms with Crippen molar-refractivity contribution >= 4 is 34.8 Å². The first kappa shape index (κ1) is 31.2. The summed E-state index contributed by atoms with van der Waals surface area (Å²) in [5, 5.41) is 3.58. The Morgan fingerprint density at radius 2 is 1.69 bits per heavy atom. The number of halogens is 1. The second kappa shape index (κ2) is 13.3. The summed E-state index contributed by atoms with van der Waals surface area (Å²) in [6.45, 7) is 6.18. The third kappa shape index (κ3) is 6.77. The molecule has 2 fully saturated rings. The molecule has 9 heteroatoms. The van der Waals surface area contributed by atoms with Crippen molar-refractivity contribution < 1.29 is 19.1 Å². The molecule has 0 radical (unpaired) electrons. The number of carbonyl (C=O) groups is 2. The number of nitrogens with zero attached hydrogens (tertiary/aromatic N) is 3. The van der Waals surface area contributed by atoms with E-state index in [2.05, 4.69) is 46.4 Å². The van der Waals surface area contributed by atoms with Gasteiger partial charge >= 0.3 is 0 Å². The zero-order valence-electron chi connectivity index (χ0n) is 26.6. The highest BCUT2D eigenvalue weighted by atomic mass is 35.5. The molecule has 0 bridgehead atoms. The molecule has 2 heterocycles. The first-order valence-electron chi connectivity index (χ1n) is 16.0. The van der Waals surface area contributed by atoms with E-state index in [-0.39, 0.29) is 30.4 Å². The van der Waals surface area contributed by atoms with Gasteiger partial charge in [0.1, 0.15) is 0 Å². The maximum absolute atomic E-state index is 13.9. The molecule has 0 spiro atoms. The first-order chi connectivity index (χ1) is 21.7. The minimum atomic E-state index is -0.348. The van der Waals surface area contributed by atoms with Crippen molar-refractivity contribution in [2.45, 2.75) is 64.1 Å². The fourth-order valence-electron chi connectivity index (χ4n) is 7.13. The summed E-state index contributed by atoms with van der Waals surface area (Å²) in [6, 6.07) is 20.2. The van der Waals surface area contributed by atoms with Crippen LogP contribution in [0.15, 0.2) is 60.7 Å². The van der Waals surface area contributed by atoms with Crippen molar-refractivity contribution in [1.29, 1.82) is 0 Å². The molecule has 2 amide bonds. The van der Waals surface area contributed by atoms with Crippen LogP contribution in [-0.4, -0.2) is 62.8 Å². The monoisotopic (exact) mass is 630 g/mol. The van der Waals surface area contributed by atoms with Gasteiger partial charge in [-0.1, -0.05) is 23.7 Å². The van der Waals surface area contributed by atoms with Gasteiger partial charge in [-0.05, 0) is 111 Å². The lowest BCUT2D eigenvalue weighted by atomic mass is 9.85. The Hall–Kier alpha value is -3.75. The van der Waals surface area contributed by atoms with Gasteiger partial charge in [0.25, 0.3) is 0 Å². The number of nitrogens with one attached hydrogen (secondary N) is 1. The van der Waals surface area contributed by atoms with E-state index in [0.717, 1.165) is 60.3 Å². The van der Waals surface area contributed by atoms with Gasteiger partial charge in [-0.25, -0.2) is 0 Å². The Morgan fingerprint density at radius 3 is 2.31 bits per heavy atom. The third-order valence-corrected chi connectivity index (χ3v) is 9.65. The Balaban J connectivity index is 1.22. The molecular weight excluding hydrogens is 588 g/mol. The molecule has 2 aliphatic heterocycles. The van der Waals surface area contributed by atoms with E-state index in [1.807, 2.05) is 55.1 Å². The van der Waals surface area contributed by atoms with Crippen molar-refractivity contribution in [3.63, 3.8) is 0 Å². The molecule has 238 valence electrons. The average molecular weight is 631 g/mol. The first-order valence-corrected chi connectivity index (χ1v) is 16.3. The predicted octanol–water partition coefficient (Wildman–Crippen LogP) is 6.20. The molecule has 45 heavy (non-hydrogen) atoms. The molecule has 1 saturated heterocycles. The number of hydrogen-bond donors (Lipinski definition) is 1. The molecule has 0 unspecified atom stereocenters. The van der Waals surface area contributed by atoms with E-state index >= 15 is 0 Å². The van der Waals surface area contributed by atoms with Gasteiger partial charge in [-0.3, -0.25) is 14.5 Å². The van der Waals surface area contributed by atoms with E-state index in [4.69, 9.17) is 21.1 Å². The number of rotatable bonds is 9. The van der Waals surface area contributed by atoms with Gasteiger partial charge in [0.2, 0.25) is 11.8 Å². The number of fused-ring (bicyclic) bond motifs is 1. The van der Waals surface area contributed by atoms with Crippen LogP contribution in [-0.2, 0) is 16.0 Å². The number of hydrogen-bond acceptors (Lipinski definition) is 6. The Morgan fingerprint density at radius 1 is 0.978 bits per heavy atom. The topological polar surface area (TPSA) is 74.4 Å². The van der Waals surface area contributed by atoms with E-state index in [1.165, 1.54) is 0 Å². The van der Waals surface area contributed by atoms with Gasteiger partial charge in [0.15, 0.2) is 11.5 Å². The number of amides is 2. The smallest absolute Gasteiger partial charge is 0.235 e. The lowest BCUT2D eigenvalue weighted by molar-refractivity contribution is -0.119. The summed E-state index contributed by atoms with van der Waals surface area (Å²) in [5.41, 5.74) is 4.89. The van der Waals surface area contributed by atoms with E-state index in [1.54, 1.807) is 7.11 Å². The van der Waals surface area contributed by atoms with Gasteiger partial charge in [-0.2, -0.15) is 0 Å². The summed E-state index contributed by atoms with van der Waals surface area (Å²) in [4.78, 5) is 32.0. The number of methoxy groups -OCH3 is 1. The largest absolute Gasteiger partial charge is 0.493 e. The van der Waals surface area contributed by atoms with Crippen LogP contribution in [0.3, 0.4) is 0 Å². The Kier molecular flexibility index (Phi) is 9.24. The van der Waals surface area contributed by atoms with Crippen LogP contribution in [0.1, 0.15) is 62.3 Å². The summed E-state index contributed by atoms with van der Waals surface area (Å²) in [5.74, 6) is 2.07. The number of ether oxygens (including phenoxy) is 2. The van der Waals surface area contributed by atoms with Gasteiger partial charge in [0, 0.05) is 36.0 Å². The fraction of sp³-hybridized carbons (Fsp3) is 0.444. The Labute approximate surface area is 271 Å². The van der Waals surface area contributed by atoms with Crippen LogP contribution in [0.5, 0.6) is 11.5 Å². The standard InChI is InChI=1S/C36H43ClN4O4/c1-23(2)45-33-19-31-26(17-32(33)44-4)18-35(43)41(36(31)25-7-9-27(37)10-8-25)30-15-13-28(14-16-30)39(3)20-24-5-11-29(12-6-24)40-21-34(42)38-22-40/h7-10,13-17,19,23-24,29,36H,5-6,11-12,18,20-22H2,1-4H3,(H,38,42)/t24-,29-,36-/m0/s1. The fourth-order valence-corrected chi connectivity index (χ4v) is 7.25. The second-order valence-corrected chi connectivity index (χ2v) is 13.3. The average Bonchev–Trinajstić information content (AvgIpc) is 3.47.